The Morgan fingerprint density at radius 3 is 2.21 bits per heavy atom. The SMILES string of the molecule is CC(CS(C)(=O)=O)[C@H]1CC[C@H](N)CC1. The lowest BCUT2D eigenvalue weighted by molar-refractivity contribution is 0.261. The Morgan fingerprint density at radius 1 is 1.29 bits per heavy atom. The van der Waals surface area contributed by atoms with E-state index in [9.17, 15) is 8.42 Å². The van der Waals surface area contributed by atoms with Gasteiger partial charge in [-0.05, 0) is 37.5 Å². The average Bonchev–Trinajstić information content (AvgIpc) is 2.02. The number of hydrogen-bond donors (Lipinski definition) is 1. The van der Waals surface area contributed by atoms with Gasteiger partial charge in [0.2, 0.25) is 0 Å². The van der Waals surface area contributed by atoms with Crippen molar-refractivity contribution in [3.63, 3.8) is 0 Å². The maximum Gasteiger partial charge on any atom is 0.147 e. The van der Waals surface area contributed by atoms with Crippen LogP contribution in [0, 0.1) is 11.8 Å². The van der Waals surface area contributed by atoms with Crippen LogP contribution in [0.3, 0.4) is 0 Å². The zero-order valence-corrected chi connectivity index (χ0v) is 9.89. The molecule has 1 atom stereocenters. The molecule has 0 aromatic heterocycles. The standard InChI is InChI=1S/C10H21NO2S/c1-8(7-14(2,12)13)9-3-5-10(11)6-4-9/h8-10H,3-7,11H2,1-2H3/t8?,9-,10-. The summed E-state index contributed by atoms with van der Waals surface area (Å²) >= 11 is 0. The van der Waals surface area contributed by atoms with Gasteiger partial charge in [0.1, 0.15) is 9.84 Å². The minimum atomic E-state index is -2.82. The molecule has 0 bridgehead atoms. The number of nitrogens with two attached hydrogens (primary N) is 1. The van der Waals surface area contributed by atoms with Crippen LogP contribution in [-0.4, -0.2) is 26.5 Å². The minimum absolute atomic E-state index is 0.289. The second-order valence-corrected chi connectivity index (χ2v) is 6.93. The number of hydrogen-bond acceptors (Lipinski definition) is 3. The lowest BCUT2D eigenvalue weighted by atomic mass is 9.80. The molecule has 14 heavy (non-hydrogen) atoms. The summed E-state index contributed by atoms with van der Waals surface area (Å²) in [4.78, 5) is 0. The van der Waals surface area contributed by atoms with Crippen LogP contribution in [0.5, 0.6) is 0 Å². The topological polar surface area (TPSA) is 60.2 Å². The predicted octanol–water partition coefficient (Wildman–Crippen LogP) is 1.18. The molecule has 1 aliphatic rings. The molecule has 0 aliphatic heterocycles. The first-order valence-electron chi connectivity index (χ1n) is 5.32. The van der Waals surface area contributed by atoms with E-state index in [1.54, 1.807) is 0 Å². The highest BCUT2D eigenvalue weighted by atomic mass is 32.2. The van der Waals surface area contributed by atoms with Crippen LogP contribution < -0.4 is 5.73 Å². The Balaban J connectivity index is 2.42. The predicted molar refractivity (Wildman–Crippen MR) is 58.8 cm³/mol. The summed E-state index contributed by atoms with van der Waals surface area (Å²) in [6, 6.07) is 0.344. The van der Waals surface area contributed by atoms with Gasteiger partial charge in [0.15, 0.2) is 0 Å². The first-order valence-corrected chi connectivity index (χ1v) is 7.38. The van der Waals surface area contributed by atoms with Crippen LogP contribution in [0.4, 0.5) is 0 Å². The van der Waals surface area contributed by atoms with E-state index >= 15 is 0 Å². The molecule has 1 rings (SSSR count). The molecule has 0 radical (unpaired) electrons. The molecule has 2 N–H and O–H groups in total. The van der Waals surface area contributed by atoms with Gasteiger partial charge in [0, 0.05) is 12.3 Å². The van der Waals surface area contributed by atoms with Crippen molar-refractivity contribution >= 4 is 9.84 Å². The maximum absolute atomic E-state index is 11.1. The lowest BCUT2D eigenvalue weighted by Gasteiger charge is -2.30. The summed E-state index contributed by atoms with van der Waals surface area (Å²) < 4.78 is 22.2. The Hall–Kier alpha value is -0.0900. The molecule has 0 spiro atoms. The fourth-order valence-corrected chi connectivity index (χ4v) is 3.55. The molecule has 1 fully saturated rings. The van der Waals surface area contributed by atoms with Crippen molar-refractivity contribution < 1.29 is 8.42 Å². The van der Waals surface area contributed by atoms with E-state index < -0.39 is 9.84 Å². The maximum atomic E-state index is 11.1. The molecular formula is C10H21NO2S. The third-order valence-corrected chi connectivity index (χ3v) is 4.32. The first-order chi connectivity index (χ1) is 6.38. The van der Waals surface area contributed by atoms with Gasteiger partial charge in [0.25, 0.3) is 0 Å². The quantitative estimate of drug-likeness (QED) is 0.775. The first kappa shape index (κ1) is 12.0. The molecule has 0 heterocycles. The highest BCUT2D eigenvalue weighted by Crippen LogP contribution is 2.29. The van der Waals surface area contributed by atoms with Gasteiger partial charge in [-0.2, -0.15) is 0 Å². The largest absolute Gasteiger partial charge is 0.328 e. The normalized spacial score (nSPS) is 31.4. The van der Waals surface area contributed by atoms with Crippen molar-refractivity contribution in [1.29, 1.82) is 0 Å². The van der Waals surface area contributed by atoms with Crippen molar-refractivity contribution in [2.24, 2.45) is 17.6 Å². The summed E-state index contributed by atoms with van der Waals surface area (Å²) in [6.07, 6.45) is 5.62. The summed E-state index contributed by atoms with van der Waals surface area (Å²) in [5.74, 6) is 1.18. The fourth-order valence-electron chi connectivity index (χ4n) is 2.33. The van der Waals surface area contributed by atoms with Crippen molar-refractivity contribution in [3.05, 3.63) is 0 Å². The van der Waals surface area contributed by atoms with Gasteiger partial charge in [-0.25, -0.2) is 8.42 Å². The minimum Gasteiger partial charge on any atom is -0.328 e. The molecule has 3 nitrogen and oxygen atoms in total. The molecule has 0 amide bonds. The third-order valence-electron chi connectivity index (χ3n) is 3.19. The Kier molecular flexibility index (Phi) is 3.95. The molecule has 0 aromatic rings. The van der Waals surface area contributed by atoms with Gasteiger partial charge >= 0.3 is 0 Å². The van der Waals surface area contributed by atoms with Crippen LogP contribution >= 0.6 is 0 Å². The Morgan fingerprint density at radius 2 is 1.79 bits per heavy atom. The van der Waals surface area contributed by atoms with Crippen molar-refractivity contribution in [2.75, 3.05) is 12.0 Å². The fraction of sp³-hybridized carbons (Fsp3) is 1.00. The van der Waals surface area contributed by atoms with Gasteiger partial charge in [-0.1, -0.05) is 6.92 Å². The third kappa shape index (κ3) is 3.96. The molecule has 0 saturated heterocycles. The summed E-state index contributed by atoms with van der Waals surface area (Å²) in [5, 5.41) is 0. The van der Waals surface area contributed by atoms with Gasteiger partial charge in [0.05, 0.1) is 5.75 Å². The average molecular weight is 219 g/mol. The van der Waals surface area contributed by atoms with Crippen LogP contribution in [0.1, 0.15) is 32.6 Å². The van der Waals surface area contributed by atoms with E-state index in [1.807, 2.05) is 6.92 Å². The van der Waals surface area contributed by atoms with Crippen molar-refractivity contribution in [1.82, 2.24) is 0 Å². The second-order valence-electron chi connectivity index (χ2n) is 4.74. The lowest BCUT2D eigenvalue weighted by Crippen LogP contribution is -2.31. The molecule has 84 valence electrons. The Bertz CT molecular complexity index is 266. The van der Waals surface area contributed by atoms with E-state index in [1.165, 1.54) is 6.26 Å². The van der Waals surface area contributed by atoms with E-state index in [0.29, 0.717) is 17.7 Å². The summed E-state index contributed by atoms with van der Waals surface area (Å²) in [6.45, 7) is 2.04. The van der Waals surface area contributed by atoms with Gasteiger partial charge < -0.3 is 5.73 Å². The summed E-state index contributed by atoms with van der Waals surface area (Å²) in [7, 11) is -2.82. The van der Waals surface area contributed by atoms with Crippen molar-refractivity contribution in [2.45, 2.75) is 38.6 Å². The molecular weight excluding hydrogens is 198 g/mol. The highest BCUT2D eigenvalue weighted by Gasteiger charge is 2.25. The second kappa shape index (κ2) is 4.62. The van der Waals surface area contributed by atoms with E-state index in [4.69, 9.17) is 5.73 Å². The van der Waals surface area contributed by atoms with E-state index in [2.05, 4.69) is 0 Å². The van der Waals surface area contributed by atoms with E-state index in [0.717, 1.165) is 25.7 Å². The zero-order valence-electron chi connectivity index (χ0n) is 9.07. The van der Waals surface area contributed by atoms with Crippen LogP contribution in [0.25, 0.3) is 0 Å². The van der Waals surface area contributed by atoms with Crippen LogP contribution in [-0.2, 0) is 9.84 Å². The zero-order chi connectivity index (χ0) is 10.8. The number of rotatable bonds is 3. The smallest absolute Gasteiger partial charge is 0.147 e. The molecule has 0 aromatic carbocycles. The van der Waals surface area contributed by atoms with Gasteiger partial charge in [-0.15, -0.1) is 0 Å². The summed E-state index contributed by atoms with van der Waals surface area (Å²) in [5.41, 5.74) is 5.81. The van der Waals surface area contributed by atoms with E-state index in [-0.39, 0.29) is 5.92 Å². The van der Waals surface area contributed by atoms with Crippen molar-refractivity contribution in [3.8, 4) is 0 Å². The van der Waals surface area contributed by atoms with Gasteiger partial charge in [-0.3, -0.25) is 0 Å². The van der Waals surface area contributed by atoms with Crippen LogP contribution in [0.2, 0.25) is 0 Å². The molecule has 1 unspecified atom stereocenters. The monoisotopic (exact) mass is 219 g/mol. The molecule has 1 saturated carbocycles. The highest BCUT2D eigenvalue weighted by molar-refractivity contribution is 7.90. The van der Waals surface area contributed by atoms with Crippen LogP contribution in [0.15, 0.2) is 0 Å². The number of sulfone groups is 1. The molecule has 1 aliphatic carbocycles. The molecule has 4 heteroatoms. The Labute approximate surface area is 87.0 Å².